The number of aromatic nitrogens is 1. The molecule has 2 aromatic rings. The molecule has 29 heavy (non-hydrogen) atoms. The minimum atomic E-state index is -2.74. The van der Waals surface area contributed by atoms with Crippen LogP contribution < -0.4 is 0 Å². The number of carboxylic acids is 1. The second-order valence-corrected chi connectivity index (χ2v) is 9.34. The maximum atomic E-state index is 14.0. The zero-order valence-electron chi connectivity index (χ0n) is 15.7. The minimum absolute atomic E-state index is 0.0106. The summed E-state index contributed by atoms with van der Waals surface area (Å²) >= 11 is 2.67. The summed E-state index contributed by atoms with van der Waals surface area (Å²) in [6, 6.07) is 0. The van der Waals surface area contributed by atoms with E-state index in [9.17, 15) is 23.5 Å². The van der Waals surface area contributed by atoms with Crippen LogP contribution in [0.5, 0.6) is 0 Å². The number of alkyl halides is 2. The molecule has 1 aliphatic carbocycles. The number of hydrogen-bond donors (Lipinski definition) is 1. The van der Waals surface area contributed by atoms with Crippen molar-refractivity contribution in [1.29, 1.82) is 0 Å². The van der Waals surface area contributed by atoms with Crippen LogP contribution in [0.25, 0.3) is 10.6 Å². The standard InChI is InChI=1S/C20H19F2NO4S2/c1-10-9-28-18(23-10)17-12-2-4-20(21,22)7-16(12)29-15(17)6-14(24)11-3-5-27-8-13(11)19(25)26/h9H,2-8H2,1H3,(H,25,26). The molecule has 0 fully saturated rings. The van der Waals surface area contributed by atoms with Gasteiger partial charge in [0.15, 0.2) is 5.78 Å². The highest BCUT2D eigenvalue weighted by Gasteiger charge is 2.38. The summed E-state index contributed by atoms with van der Waals surface area (Å²) in [5, 5.41) is 12.0. The fraction of sp³-hybridized carbons (Fsp3) is 0.450. The monoisotopic (exact) mass is 439 g/mol. The number of carboxylic acid groups (broad SMARTS) is 1. The number of ether oxygens (including phenoxy) is 1. The third kappa shape index (κ3) is 4.04. The zero-order valence-corrected chi connectivity index (χ0v) is 17.4. The normalized spacial score (nSPS) is 18.6. The Labute approximate surface area is 174 Å². The number of nitrogens with zero attached hydrogens (tertiary/aromatic N) is 1. The number of carbonyl (C=O) groups excluding carboxylic acids is 1. The number of ketones is 1. The molecule has 0 saturated heterocycles. The Morgan fingerprint density at radius 2 is 2.10 bits per heavy atom. The van der Waals surface area contributed by atoms with Gasteiger partial charge in [-0.15, -0.1) is 22.7 Å². The maximum Gasteiger partial charge on any atom is 0.334 e. The molecule has 9 heteroatoms. The molecule has 0 amide bonds. The van der Waals surface area contributed by atoms with E-state index >= 15 is 0 Å². The van der Waals surface area contributed by atoms with Crippen molar-refractivity contribution < 1.29 is 28.2 Å². The summed E-state index contributed by atoms with van der Waals surface area (Å²) in [4.78, 5) is 30.3. The average molecular weight is 440 g/mol. The van der Waals surface area contributed by atoms with Crippen molar-refractivity contribution in [1.82, 2.24) is 4.98 Å². The summed E-state index contributed by atoms with van der Waals surface area (Å²) in [7, 11) is 0. The van der Waals surface area contributed by atoms with Gasteiger partial charge in [-0.3, -0.25) is 4.79 Å². The lowest BCUT2D eigenvalue weighted by Gasteiger charge is -2.22. The third-order valence-corrected chi connectivity index (χ3v) is 7.39. The Morgan fingerprint density at radius 1 is 1.31 bits per heavy atom. The second kappa shape index (κ2) is 7.70. The molecule has 5 nitrogen and oxygen atoms in total. The first-order valence-corrected chi connectivity index (χ1v) is 10.9. The molecule has 0 aromatic carbocycles. The molecule has 4 rings (SSSR count). The van der Waals surface area contributed by atoms with Crippen LogP contribution in [0.15, 0.2) is 16.5 Å². The molecule has 0 spiro atoms. The summed E-state index contributed by atoms with van der Waals surface area (Å²) in [6.45, 7) is 2.06. The highest BCUT2D eigenvalue weighted by atomic mass is 32.1. The van der Waals surface area contributed by atoms with Crippen LogP contribution in [-0.4, -0.2) is 41.0 Å². The first kappa shape index (κ1) is 20.3. The third-order valence-electron chi connectivity index (χ3n) is 5.18. The predicted octanol–water partition coefficient (Wildman–Crippen LogP) is 4.22. The van der Waals surface area contributed by atoms with Crippen LogP contribution in [0, 0.1) is 6.92 Å². The molecule has 0 unspecified atom stereocenters. The van der Waals surface area contributed by atoms with Crippen LogP contribution in [0.3, 0.4) is 0 Å². The lowest BCUT2D eigenvalue weighted by atomic mass is 9.91. The second-order valence-electron chi connectivity index (χ2n) is 7.29. The van der Waals surface area contributed by atoms with Gasteiger partial charge in [0.1, 0.15) is 5.01 Å². The average Bonchev–Trinajstić information content (AvgIpc) is 3.23. The van der Waals surface area contributed by atoms with Crippen molar-refractivity contribution in [2.45, 2.75) is 45.0 Å². The van der Waals surface area contributed by atoms with Gasteiger partial charge < -0.3 is 9.84 Å². The van der Waals surface area contributed by atoms with E-state index < -0.39 is 11.9 Å². The lowest BCUT2D eigenvalue weighted by molar-refractivity contribution is -0.134. The molecule has 0 radical (unpaired) electrons. The van der Waals surface area contributed by atoms with E-state index in [0.29, 0.717) is 16.4 Å². The highest BCUT2D eigenvalue weighted by molar-refractivity contribution is 7.15. The van der Waals surface area contributed by atoms with E-state index in [1.165, 1.54) is 22.7 Å². The largest absolute Gasteiger partial charge is 0.478 e. The van der Waals surface area contributed by atoms with E-state index in [1.54, 1.807) is 0 Å². The van der Waals surface area contributed by atoms with Gasteiger partial charge in [0.25, 0.3) is 5.92 Å². The van der Waals surface area contributed by atoms with Gasteiger partial charge in [-0.05, 0) is 25.3 Å². The number of rotatable bonds is 5. The van der Waals surface area contributed by atoms with Crippen molar-refractivity contribution in [3.63, 3.8) is 0 Å². The number of thiophene rings is 1. The molecule has 0 atom stereocenters. The van der Waals surface area contributed by atoms with Crippen molar-refractivity contribution >= 4 is 34.4 Å². The summed E-state index contributed by atoms with van der Waals surface area (Å²) < 4.78 is 33.1. The molecule has 2 aliphatic rings. The molecule has 0 bridgehead atoms. The molecule has 3 heterocycles. The van der Waals surface area contributed by atoms with E-state index in [0.717, 1.165) is 21.8 Å². The van der Waals surface area contributed by atoms with E-state index in [4.69, 9.17) is 4.74 Å². The Bertz CT molecular complexity index is 1020. The van der Waals surface area contributed by atoms with E-state index in [-0.39, 0.29) is 55.6 Å². The van der Waals surface area contributed by atoms with Gasteiger partial charge in [-0.1, -0.05) is 0 Å². The number of thiazole rings is 1. The van der Waals surface area contributed by atoms with Gasteiger partial charge in [-0.2, -0.15) is 0 Å². The molecule has 2 aromatic heterocycles. The predicted molar refractivity (Wildman–Crippen MR) is 106 cm³/mol. The molecule has 1 N–H and O–H groups in total. The summed E-state index contributed by atoms with van der Waals surface area (Å²) in [6.07, 6.45) is -0.0564. The number of halogens is 2. The van der Waals surface area contributed by atoms with Gasteiger partial charge in [0, 0.05) is 51.2 Å². The van der Waals surface area contributed by atoms with Crippen LogP contribution in [-0.2, 0) is 33.6 Å². The van der Waals surface area contributed by atoms with E-state index in [1.807, 2.05) is 12.3 Å². The molecule has 1 aliphatic heterocycles. The topological polar surface area (TPSA) is 76.5 Å². The molecular formula is C20H19F2NO4S2. The fourth-order valence-electron chi connectivity index (χ4n) is 3.79. The fourth-order valence-corrected chi connectivity index (χ4v) is 6.18. The Morgan fingerprint density at radius 3 is 2.79 bits per heavy atom. The Balaban J connectivity index is 1.75. The van der Waals surface area contributed by atoms with E-state index in [2.05, 4.69) is 4.98 Å². The van der Waals surface area contributed by atoms with Crippen molar-refractivity contribution in [2.75, 3.05) is 13.2 Å². The Hall–Kier alpha value is -1.97. The number of carbonyl (C=O) groups is 2. The summed E-state index contributed by atoms with van der Waals surface area (Å²) in [5.74, 6) is -4.19. The van der Waals surface area contributed by atoms with Gasteiger partial charge in [0.05, 0.1) is 18.8 Å². The van der Waals surface area contributed by atoms with Gasteiger partial charge in [-0.25, -0.2) is 18.6 Å². The van der Waals surface area contributed by atoms with Crippen LogP contribution in [0.2, 0.25) is 0 Å². The van der Waals surface area contributed by atoms with Crippen molar-refractivity contribution in [3.05, 3.63) is 37.5 Å². The van der Waals surface area contributed by atoms with Gasteiger partial charge in [0.2, 0.25) is 0 Å². The molecular weight excluding hydrogens is 420 g/mol. The lowest BCUT2D eigenvalue weighted by Crippen LogP contribution is -2.24. The van der Waals surface area contributed by atoms with Gasteiger partial charge >= 0.3 is 5.97 Å². The number of aryl methyl sites for hydroxylation is 1. The smallest absolute Gasteiger partial charge is 0.334 e. The number of fused-ring (bicyclic) bond motifs is 1. The maximum absolute atomic E-state index is 14.0. The van der Waals surface area contributed by atoms with Crippen LogP contribution >= 0.6 is 22.7 Å². The first-order valence-electron chi connectivity index (χ1n) is 9.25. The molecule has 154 valence electrons. The van der Waals surface area contributed by atoms with Crippen molar-refractivity contribution in [2.24, 2.45) is 0 Å². The minimum Gasteiger partial charge on any atom is -0.478 e. The number of Topliss-reactive ketones (excluding diaryl/α,β-unsaturated/α-hetero) is 1. The van der Waals surface area contributed by atoms with Crippen LogP contribution in [0.1, 0.15) is 33.9 Å². The SMILES string of the molecule is Cc1csc(-c2c(CC(=O)C3=C(C(=O)O)COCC3)sc3c2CCC(F)(F)C3)n1. The quantitative estimate of drug-likeness (QED) is 0.755. The zero-order chi connectivity index (χ0) is 20.8. The van der Waals surface area contributed by atoms with Crippen molar-refractivity contribution in [3.8, 4) is 10.6 Å². The Kier molecular flexibility index (Phi) is 5.39. The van der Waals surface area contributed by atoms with Crippen LogP contribution in [0.4, 0.5) is 8.78 Å². The molecule has 0 saturated carbocycles. The first-order chi connectivity index (χ1) is 13.7. The number of hydrogen-bond acceptors (Lipinski definition) is 6. The number of aliphatic carboxylic acids is 1. The highest BCUT2D eigenvalue weighted by Crippen LogP contribution is 2.45. The summed E-state index contributed by atoms with van der Waals surface area (Å²) in [5.41, 5.74) is 2.74.